The van der Waals surface area contributed by atoms with Crippen LogP contribution < -0.4 is 0 Å². The number of allylic oxidation sites excluding steroid dienone is 2. The summed E-state index contributed by atoms with van der Waals surface area (Å²) in [5, 5.41) is 20.6. The number of hydrogen-bond donors (Lipinski definition) is 2. The van der Waals surface area contributed by atoms with Gasteiger partial charge in [-0.05, 0) is 65.0 Å². The minimum Gasteiger partial charge on any atom is -0.507 e. The topological polar surface area (TPSA) is 57.5 Å². The Morgan fingerprint density at radius 2 is 1.62 bits per heavy atom. The van der Waals surface area contributed by atoms with Gasteiger partial charge in [-0.15, -0.1) is 11.6 Å². The smallest absolute Gasteiger partial charge is 0.335 e. The number of rotatable bonds is 5. The van der Waals surface area contributed by atoms with Crippen molar-refractivity contribution in [3.63, 3.8) is 0 Å². The molecular weight excluding hydrogens is 384 g/mol. The molecule has 1 aromatic rings. The summed E-state index contributed by atoms with van der Waals surface area (Å²) >= 11 is 7.15. The second kappa shape index (κ2) is 8.18. The molecule has 0 heterocycles. The monoisotopic (exact) mass is 418 g/mol. The number of hydrogen-bond acceptors (Lipinski definition) is 2. The summed E-state index contributed by atoms with van der Waals surface area (Å²) in [5.74, 6) is -0.579. The van der Waals surface area contributed by atoms with Crippen LogP contribution in [0, 0.1) is 0 Å². The molecule has 0 spiro atoms. The molecule has 1 aromatic carbocycles. The summed E-state index contributed by atoms with van der Waals surface area (Å²) in [6, 6.07) is 3.98. The van der Waals surface area contributed by atoms with E-state index in [9.17, 15) is 15.0 Å². The molecule has 2 N–H and O–H groups in total. The highest BCUT2D eigenvalue weighted by Gasteiger charge is 2.36. The number of aromatic hydroxyl groups is 1. The first-order valence-corrected chi connectivity index (χ1v) is 10.8. The number of benzene rings is 1. The van der Waals surface area contributed by atoms with E-state index in [0.717, 1.165) is 41.5 Å². The maximum atomic E-state index is 11.7. The minimum atomic E-state index is -0.900. The van der Waals surface area contributed by atoms with E-state index in [-0.39, 0.29) is 10.8 Å². The third kappa shape index (κ3) is 5.06. The first kappa shape index (κ1) is 23.5. The van der Waals surface area contributed by atoms with Crippen molar-refractivity contribution in [3.05, 3.63) is 52.1 Å². The fourth-order valence-electron chi connectivity index (χ4n) is 3.85. The molecule has 1 aliphatic rings. The Hall–Kier alpha value is -1.74. The highest BCUT2D eigenvalue weighted by atomic mass is 35.5. The molecule has 1 unspecified atom stereocenters. The van der Waals surface area contributed by atoms with Gasteiger partial charge in [0, 0.05) is 0 Å². The van der Waals surface area contributed by atoms with Crippen LogP contribution in [-0.4, -0.2) is 16.2 Å². The lowest BCUT2D eigenvalue weighted by molar-refractivity contribution is -0.132. The standard InChI is InChI=1S/C25H35ClO3/c1-8-9-10-16-15-25(26,12-11-18(16)22(28)29)17-13-19(23(2,3)4)21(27)20(14-17)24(5,6)7/h11-14,27H,8-10,15H2,1-7H3,(H,28,29). The largest absolute Gasteiger partial charge is 0.507 e. The molecule has 0 aromatic heterocycles. The van der Waals surface area contributed by atoms with Crippen molar-refractivity contribution in [1.82, 2.24) is 0 Å². The number of halogens is 1. The summed E-state index contributed by atoms with van der Waals surface area (Å²) in [7, 11) is 0. The molecular formula is C25H35ClO3. The summed E-state index contributed by atoms with van der Waals surface area (Å²) in [4.78, 5) is 10.9. The number of phenolic OH excluding ortho intramolecular Hbond substituents is 1. The van der Waals surface area contributed by atoms with Crippen molar-refractivity contribution < 1.29 is 15.0 Å². The van der Waals surface area contributed by atoms with Crippen LogP contribution in [0.5, 0.6) is 5.75 Å². The van der Waals surface area contributed by atoms with Crippen LogP contribution in [0.4, 0.5) is 0 Å². The third-order valence-corrected chi connectivity index (χ3v) is 6.11. The lowest BCUT2D eigenvalue weighted by atomic mass is 9.75. The highest BCUT2D eigenvalue weighted by molar-refractivity contribution is 6.26. The number of carboxylic acid groups (broad SMARTS) is 1. The zero-order valence-corrected chi connectivity index (χ0v) is 19.6. The van der Waals surface area contributed by atoms with E-state index in [1.165, 1.54) is 0 Å². The fourth-order valence-corrected chi connectivity index (χ4v) is 4.18. The molecule has 0 saturated heterocycles. The zero-order valence-electron chi connectivity index (χ0n) is 18.8. The van der Waals surface area contributed by atoms with Crippen molar-refractivity contribution in [1.29, 1.82) is 0 Å². The Bertz CT molecular complexity index is 815. The predicted molar refractivity (Wildman–Crippen MR) is 121 cm³/mol. The van der Waals surface area contributed by atoms with Gasteiger partial charge in [-0.1, -0.05) is 66.5 Å². The molecule has 3 nitrogen and oxygen atoms in total. The molecule has 29 heavy (non-hydrogen) atoms. The number of carboxylic acids is 1. The molecule has 0 aliphatic heterocycles. The van der Waals surface area contributed by atoms with E-state index < -0.39 is 10.8 Å². The lowest BCUT2D eigenvalue weighted by Crippen LogP contribution is -2.25. The summed E-state index contributed by atoms with van der Waals surface area (Å²) in [5.41, 5.74) is 3.37. The first-order valence-electron chi connectivity index (χ1n) is 10.4. The summed E-state index contributed by atoms with van der Waals surface area (Å²) in [6.45, 7) is 14.5. The van der Waals surface area contributed by atoms with E-state index in [1.54, 1.807) is 12.2 Å². The number of phenols is 1. The van der Waals surface area contributed by atoms with E-state index in [1.807, 2.05) is 12.1 Å². The van der Waals surface area contributed by atoms with Gasteiger partial charge < -0.3 is 10.2 Å². The van der Waals surface area contributed by atoms with Crippen molar-refractivity contribution in [2.75, 3.05) is 0 Å². The van der Waals surface area contributed by atoms with Gasteiger partial charge in [0.1, 0.15) is 5.75 Å². The van der Waals surface area contributed by atoms with Crippen LogP contribution in [0.25, 0.3) is 0 Å². The van der Waals surface area contributed by atoms with Crippen molar-refractivity contribution in [2.45, 2.75) is 89.9 Å². The van der Waals surface area contributed by atoms with Gasteiger partial charge in [-0.2, -0.15) is 0 Å². The third-order valence-electron chi connectivity index (χ3n) is 5.63. The van der Waals surface area contributed by atoms with E-state index in [2.05, 4.69) is 48.5 Å². The van der Waals surface area contributed by atoms with Gasteiger partial charge in [0.25, 0.3) is 0 Å². The number of unbranched alkanes of at least 4 members (excludes halogenated alkanes) is 1. The maximum Gasteiger partial charge on any atom is 0.335 e. The molecule has 0 saturated carbocycles. The molecule has 1 atom stereocenters. The molecule has 0 radical (unpaired) electrons. The second-order valence-electron chi connectivity index (χ2n) is 10.2. The average Bonchev–Trinajstić information content (AvgIpc) is 2.57. The van der Waals surface area contributed by atoms with Crippen LogP contribution in [-0.2, 0) is 20.5 Å². The van der Waals surface area contributed by atoms with Gasteiger partial charge in [0.05, 0.1) is 10.4 Å². The molecule has 0 bridgehead atoms. The Morgan fingerprint density at radius 3 is 2.03 bits per heavy atom. The second-order valence-corrected chi connectivity index (χ2v) is 10.9. The Morgan fingerprint density at radius 1 is 1.10 bits per heavy atom. The van der Waals surface area contributed by atoms with E-state index >= 15 is 0 Å². The van der Waals surface area contributed by atoms with E-state index in [4.69, 9.17) is 11.6 Å². The maximum absolute atomic E-state index is 11.7. The zero-order chi connectivity index (χ0) is 22.2. The summed E-state index contributed by atoms with van der Waals surface area (Å²) in [6.07, 6.45) is 6.58. The van der Waals surface area contributed by atoms with Crippen LogP contribution >= 0.6 is 11.6 Å². The number of carbonyl (C=O) groups is 1. The van der Waals surface area contributed by atoms with Crippen LogP contribution in [0.2, 0.25) is 0 Å². The van der Waals surface area contributed by atoms with Crippen molar-refractivity contribution >= 4 is 17.6 Å². The Balaban J connectivity index is 2.65. The van der Waals surface area contributed by atoms with Gasteiger partial charge in [-0.25, -0.2) is 4.79 Å². The normalized spacial score (nSPS) is 20.3. The number of alkyl halides is 1. The quantitative estimate of drug-likeness (QED) is 0.508. The van der Waals surface area contributed by atoms with E-state index in [0.29, 0.717) is 17.7 Å². The molecule has 0 amide bonds. The van der Waals surface area contributed by atoms with Crippen molar-refractivity contribution in [3.8, 4) is 5.75 Å². The fraction of sp³-hybridized carbons (Fsp3) is 0.560. The molecule has 0 fully saturated rings. The van der Waals surface area contributed by atoms with Gasteiger partial charge in [0.15, 0.2) is 0 Å². The van der Waals surface area contributed by atoms with Gasteiger partial charge in [-0.3, -0.25) is 0 Å². The average molecular weight is 419 g/mol. The SMILES string of the molecule is CCCCC1=C(C(=O)O)C=CC(Cl)(c2cc(C(C)(C)C)c(O)c(C(C)(C)C)c2)C1. The molecule has 2 rings (SSSR count). The van der Waals surface area contributed by atoms with Crippen LogP contribution in [0.15, 0.2) is 35.4 Å². The Labute approximate surface area is 180 Å². The van der Waals surface area contributed by atoms with Gasteiger partial charge >= 0.3 is 5.97 Å². The first-order chi connectivity index (χ1) is 13.2. The predicted octanol–water partition coefficient (Wildman–Crippen LogP) is 6.95. The number of aliphatic carboxylic acids is 1. The molecule has 4 heteroatoms. The Kier molecular flexibility index (Phi) is 6.64. The highest BCUT2D eigenvalue weighted by Crippen LogP contribution is 2.47. The molecule has 1 aliphatic carbocycles. The molecule has 160 valence electrons. The van der Waals surface area contributed by atoms with Crippen LogP contribution in [0.3, 0.4) is 0 Å². The van der Waals surface area contributed by atoms with Crippen molar-refractivity contribution in [2.24, 2.45) is 0 Å². The minimum absolute atomic E-state index is 0.251. The lowest BCUT2D eigenvalue weighted by Gasteiger charge is -2.34. The summed E-state index contributed by atoms with van der Waals surface area (Å²) < 4.78 is 0. The van der Waals surface area contributed by atoms with Gasteiger partial charge in [0.2, 0.25) is 0 Å². The van der Waals surface area contributed by atoms with Crippen LogP contribution in [0.1, 0.15) is 90.8 Å².